The molecule has 8 nitrogen and oxygen atoms in total. The molecule has 0 aromatic heterocycles. The molecule has 1 unspecified atom stereocenters. The lowest BCUT2D eigenvalue weighted by Gasteiger charge is -2.30. The molecule has 0 saturated carbocycles. The number of halogens is 1. The van der Waals surface area contributed by atoms with Crippen molar-refractivity contribution in [3.05, 3.63) is 69.4 Å². The number of amides is 3. The predicted octanol–water partition coefficient (Wildman–Crippen LogP) is 4.17. The van der Waals surface area contributed by atoms with Crippen LogP contribution < -0.4 is 20.7 Å². The molecule has 3 N–H and O–H groups in total. The highest BCUT2D eigenvalue weighted by molar-refractivity contribution is 6.30. The van der Waals surface area contributed by atoms with Gasteiger partial charge in [-0.05, 0) is 69.2 Å². The van der Waals surface area contributed by atoms with E-state index in [0.29, 0.717) is 27.7 Å². The van der Waals surface area contributed by atoms with Gasteiger partial charge in [-0.25, -0.2) is 9.59 Å². The maximum absolute atomic E-state index is 13.3. The summed E-state index contributed by atoms with van der Waals surface area (Å²) < 4.78 is 10.6. The Bertz CT molecular complexity index is 1130. The highest BCUT2D eigenvalue weighted by atomic mass is 35.5. The van der Waals surface area contributed by atoms with E-state index in [-0.39, 0.29) is 18.8 Å². The molecule has 174 valence electrons. The van der Waals surface area contributed by atoms with Gasteiger partial charge in [0, 0.05) is 22.0 Å². The zero-order valence-corrected chi connectivity index (χ0v) is 19.6. The number of aryl methyl sites for hydroxylation is 2. The molecule has 3 amide bonds. The number of esters is 1. The first-order valence-corrected chi connectivity index (χ1v) is 10.8. The second kappa shape index (κ2) is 10.4. The first kappa shape index (κ1) is 24.1. The molecule has 2 aromatic rings. The molecule has 3 rings (SSSR count). The van der Waals surface area contributed by atoms with E-state index in [4.69, 9.17) is 21.1 Å². The fourth-order valence-corrected chi connectivity index (χ4v) is 3.64. The SMILES string of the molecule is CCOC(=O)COc1ccc(Cl)cc1C1NC(=O)NC(C)=C1C(=O)Nc1ccc(C)c(C)c1. The first-order valence-electron chi connectivity index (χ1n) is 10.4. The minimum atomic E-state index is -0.860. The molecule has 1 heterocycles. The van der Waals surface area contributed by atoms with Gasteiger partial charge in [0.05, 0.1) is 18.2 Å². The van der Waals surface area contributed by atoms with Crippen molar-refractivity contribution in [3.8, 4) is 5.75 Å². The summed E-state index contributed by atoms with van der Waals surface area (Å²) in [5.41, 5.74) is 3.89. The predicted molar refractivity (Wildman–Crippen MR) is 125 cm³/mol. The number of nitrogens with one attached hydrogen (secondary N) is 3. The number of ether oxygens (including phenoxy) is 2. The Kier molecular flexibility index (Phi) is 7.60. The van der Waals surface area contributed by atoms with Crippen molar-refractivity contribution in [2.24, 2.45) is 0 Å². The molecular formula is C24H26ClN3O5. The highest BCUT2D eigenvalue weighted by Crippen LogP contribution is 2.35. The van der Waals surface area contributed by atoms with Gasteiger partial charge in [-0.3, -0.25) is 4.79 Å². The van der Waals surface area contributed by atoms with Crippen LogP contribution in [0.25, 0.3) is 0 Å². The molecule has 1 aliphatic rings. The summed E-state index contributed by atoms with van der Waals surface area (Å²) in [5, 5.41) is 8.67. The monoisotopic (exact) mass is 471 g/mol. The Morgan fingerprint density at radius 1 is 1.09 bits per heavy atom. The third kappa shape index (κ3) is 5.84. The number of carbonyl (C=O) groups excluding carboxylic acids is 3. The number of benzene rings is 2. The van der Waals surface area contributed by atoms with Gasteiger partial charge in [0.25, 0.3) is 5.91 Å². The van der Waals surface area contributed by atoms with E-state index in [0.717, 1.165) is 11.1 Å². The van der Waals surface area contributed by atoms with Gasteiger partial charge < -0.3 is 25.4 Å². The zero-order chi connectivity index (χ0) is 24.1. The summed E-state index contributed by atoms with van der Waals surface area (Å²) in [6.07, 6.45) is 0. The van der Waals surface area contributed by atoms with E-state index in [1.807, 2.05) is 32.0 Å². The Morgan fingerprint density at radius 2 is 1.85 bits per heavy atom. The van der Waals surface area contributed by atoms with Crippen LogP contribution in [-0.4, -0.2) is 31.1 Å². The lowest BCUT2D eigenvalue weighted by molar-refractivity contribution is -0.145. The van der Waals surface area contributed by atoms with E-state index in [1.54, 1.807) is 32.0 Å². The van der Waals surface area contributed by atoms with Crippen LogP contribution in [0.4, 0.5) is 10.5 Å². The Morgan fingerprint density at radius 3 is 2.55 bits per heavy atom. The largest absolute Gasteiger partial charge is 0.482 e. The van der Waals surface area contributed by atoms with Crippen LogP contribution in [0.2, 0.25) is 5.02 Å². The number of allylic oxidation sites excluding steroid dienone is 1. The van der Waals surface area contributed by atoms with Gasteiger partial charge in [0.2, 0.25) is 0 Å². The molecule has 9 heteroatoms. The van der Waals surface area contributed by atoms with Gasteiger partial charge in [-0.2, -0.15) is 0 Å². The topological polar surface area (TPSA) is 106 Å². The molecule has 0 saturated heterocycles. The summed E-state index contributed by atoms with van der Waals surface area (Å²) >= 11 is 6.22. The van der Waals surface area contributed by atoms with Crippen molar-refractivity contribution in [1.29, 1.82) is 0 Å². The van der Waals surface area contributed by atoms with Crippen LogP contribution in [0, 0.1) is 13.8 Å². The average Bonchev–Trinajstić information content (AvgIpc) is 2.75. The first-order chi connectivity index (χ1) is 15.7. The van der Waals surface area contributed by atoms with Crippen molar-refractivity contribution >= 4 is 35.2 Å². The fraction of sp³-hybridized carbons (Fsp3) is 0.292. The summed E-state index contributed by atoms with van der Waals surface area (Å²) in [6, 6.07) is 9.04. The number of anilines is 1. The standard InChI is InChI=1S/C24H26ClN3O5/c1-5-32-20(29)12-33-19-9-7-16(25)11-18(19)22-21(15(4)26-24(31)28-22)23(30)27-17-8-6-13(2)14(3)10-17/h6-11,22H,5,12H2,1-4H3,(H,27,30)(H2,26,28,31). The summed E-state index contributed by atoms with van der Waals surface area (Å²) in [7, 11) is 0. The fourth-order valence-electron chi connectivity index (χ4n) is 3.46. The molecule has 2 aromatic carbocycles. The van der Waals surface area contributed by atoms with Gasteiger partial charge in [-0.1, -0.05) is 17.7 Å². The molecule has 33 heavy (non-hydrogen) atoms. The van der Waals surface area contributed by atoms with E-state index in [9.17, 15) is 14.4 Å². The van der Waals surface area contributed by atoms with Crippen molar-refractivity contribution in [1.82, 2.24) is 10.6 Å². The average molecular weight is 472 g/mol. The molecule has 0 fully saturated rings. The smallest absolute Gasteiger partial charge is 0.344 e. The van der Waals surface area contributed by atoms with Gasteiger partial charge in [0.15, 0.2) is 6.61 Å². The van der Waals surface area contributed by atoms with E-state index in [2.05, 4.69) is 16.0 Å². The number of rotatable bonds is 7. The van der Waals surface area contributed by atoms with Crippen LogP contribution in [0.1, 0.15) is 36.6 Å². The van der Waals surface area contributed by atoms with Crippen LogP contribution in [0.3, 0.4) is 0 Å². The van der Waals surface area contributed by atoms with E-state index in [1.165, 1.54) is 0 Å². The molecule has 0 radical (unpaired) electrons. The second-order valence-corrected chi connectivity index (χ2v) is 8.04. The van der Waals surface area contributed by atoms with Gasteiger partial charge >= 0.3 is 12.0 Å². The molecule has 1 atom stereocenters. The number of urea groups is 1. The molecule has 0 aliphatic carbocycles. The second-order valence-electron chi connectivity index (χ2n) is 7.60. The van der Waals surface area contributed by atoms with E-state index < -0.39 is 23.9 Å². The minimum absolute atomic E-state index is 0.227. The van der Waals surface area contributed by atoms with Crippen molar-refractivity contribution in [2.75, 3.05) is 18.5 Å². The third-order valence-corrected chi connectivity index (χ3v) is 5.45. The number of hydrogen-bond acceptors (Lipinski definition) is 5. The van der Waals surface area contributed by atoms with Crippen molar-refractivity contribution < 1.29 is 23.9 Å². The van der Waals surface area contributed by atoms with Crippen LogP contribution >= 0.6 is 11.6 Å². The molecule has 0 spiro atoms. The van der Waals surface area contributed by atoms with Crippen molar-refractivity contribution in [3.63, 3.8) is 0 Å². The highest BCUT2D eigenvalue weighted by Gasteiger charge is 2.33. The number of hydrogen-bond donors (Lipinski definition) is 3. The quantitative estimate of drug-likeness (QED) is 0.526. The summed E-state index contributed by atoms with van der Waals surface area (Å²) in [4.78, 5) is 37.4. The summed E-state index contributed by atoms with van der Waals surface area (Å²) in [6.45, 7) is 7.19. The van der Waals surface area contributed by atoms with Crippen LogP contribution in [0.5, 0.6) is 5.75 Å². The Balaban J connectivity index is 1.96. The third-order valence-electron chi connectivity index (χ3n) is 5.21. The normalized spacial score (nSPS) is 15.4. The maximum Gasteiger partial charge on any atom is 0.344 e. The lowest BCUT2D eigenvalue weighted by Crippen LogP contribution is -2.46. The Labute approximate surface area is 197 Å². The van der Waals surface area contributed by atoms with Crippen LogP contribution in [-0.2, 0) is 14.3 Å². The molecule has 1 aliphatic heterocycles. The van der Waals surface area contributed by atoms with Gasteiger partial charge in [-0.15, -0.1) is 0 Å². The molecule has 0 bridgehead atoms. The number of carbonyl (C=O) groups is 3. The summed E-state index contributed by atoms with van der Waals surface area (Å²) in [5.74, 6) is -0.638. The van der Waals surface area contributed by atoms with Crippen molar-refractivity contribution in [2.45, 2.75) is 33.7 Å². The lowest BCUT2D eigenvalue weighted by atomic mass is 9.94. The maximum atomic E-state index is 13.3. The minimum Gasteiger partial charge on any atom is -0.482 e. The van der Waals surface area contributed by atoms with Crippen LogP contribution in [0.15, 0.2) is 47.7 Å². The molecular weight excluding hydrogens is 446 g/mol. The van der Waals surface area contributed by atoms with E-state index >= 15 is 0 Å². The van der Waals surface area contributed by atoms with Gasteiger partial charge in [0.1, 0.15) is 5.75 Å². The Hall–Kier alpha value is -3.52. The zero-order valence-electron chi connectivity index (χ0n) is 18.9.